The number of aromatic nitrogens is 1. The van der Waals surface area contributed by atoms with Gasteiger partial charge >= 0.3 is 5.97 Å². The fraction of sp³-hybridized carbons (Fsp3) is 0.583. The number of nitrogens with two attached hydrogens (primary N) is 1. The normalized spacial score (nSPS) is 20.8. The molecule has 2 fully saturated rings. The van der Waals surface area contributed by atoms with E-state index in [-0.39, 0.29) is 34.2 Å². The number of hydrogen-bond acceptors (Lipinski definition) is 5. The highest BCUT2D eigenvalue weighted by atomic mass is 19.1. The summed E-state index contributed by atoms with van der Waals surface area (Å²) in [6.07, 6.45) is 4.28. The van der Waals surface area contributed by atoms with Crippen LogP contribution in [0.25, 0.3) is 10.9 Å². The smallest absolute Gasteiger partial charge is 0.341 e. The minimum Gasteiger partial charge on any atom is -0.477 e. The van der Waals surface area contributed by atoms with Crippen LogP contribution in [0.1, 0.15) is 69.8 Å². The lowest BCUT2D eigenvalue weighted by Gasteiger charge is -2.53. The van der Waals surface area contributed by atoms with Crippen molar-refractivity contribution in [1.82, 2.24) is 9.47 Å². The second-order valence-electron chi connectivity index (χ2n) is 10.8. The van der Waals surface area contributed by atoms with E-state index in [0.29, 0.717) is 6.54 Å². The van der Waals surface area contributed by atoms with Gasteiger partial charge in [0.05, 0.1) is 16.6 Å². The number of carbonyl (C=O) groups is 1. The van der Waals surface area contributed by atoms with Crippen molar-refractivity contribution in [3.63, 3.8) is 0 Å². The van der Waals surface area contributed by atoms with E-state index in [0.717, 1.165) is 31.9 Å². The first-order valence-electron chi connectivity index (χ1n) is 11.3. The van der Waals surface area contributed by atoms with E-state index in [1.165, 1.54) is 4.57 Å². The second-order valence-corrected chi connectivity index (χ2v) is 10.8. The highest BCUT2D eigenvalue weighted by Crippen LogP contribution is 2.42. The summed E-state index contributed by atoms with van der Waals surface area (Å²) in [4.78, 5) is 26.6. The number of carboxylic acid groups (broad SMARTS) is 1. The first-order valence-corrected chi connectivity index (χ1v) is 11.3. The molecule has 0 amide bonds. The molecule has 1 aromatic heterocycles. The first kappa shape index (κ1) is 23.5. The predicted octanol–water partition coefficient (Wildman–Crippen LogP) is 4.21. The maximum absolute atomic E-state index is 15.7. The van der Waals surface area contributed by atoms with Crippen molar-refractivity contribution in [3.8, 4) is 0 Å². The molecular weight excluding hydrogens is 430 g/mol. The molecule has 0 atom stereocenters. The van der Waals surface area contributed by atoms with Gasteiger partial charge in [0.1, 0.15) is 11.3 Å². The zero-order chi connectivity index (χ0) is 24.5. The number of nitrogens with one attached hydrogen (secondary N) is 1. The quantitative estimate of drug-likeness (QED) is 0.576. The number of nitrogens with zero attached hydrogens (tertiary/aromatic N) is 2. The maximum atomic E-state index is 15.7. The standard InChI is InChI=1S/C24H32F2N4O3/c1-23(2)8-12(9-24(3,4)29(23)5)10-28-19-16(25)18(27)15-20(17(19)26)30(13-6-7-13)11-14(21(15)31)22(32)33/h11-13,28H,6-10,27H2,1-5H3,(H,32,33). The van der Waals surface area contributed by atoms with Gasteiger partial charge in [-0.05, 0) is 66.3 Å². The molecule has 1 saturated carbocycles. The third-order valence-corrected chi connectivity index (χ3v) is 7.52. The van der Waals surface area contributed by atoms with Crippen LogP contribution in [-0.2, 0) is 0 Å². The summed E-state index contributed by atoms with van der Waals surface area (Å²) in [5.74, 6) is -3.26. The Kier molecular flexibility index (Phi) is 5.47. The molecule has 1 aliphatic carbocycles. The minimum atomic E-state index is -1.45. The van der Waals surface area contributed by atoms with Crippen LogP contribution in [0.15, 0.2) is 11.0 Å². The van der Waals surface area contributed by atoms with Gasteiger partial charge in [-0.15, -0.1) is 0 Å². The Morgan fingerprint density at radius 3 is 2.27 bits per heavy atom. The Labute approximate surface area is 191 Å². The lowest BCUT2D eigenvalue weighted by atomic mass is 9.74. The van der Waals surface area contributed by atoms with E-state index < -0.39 is 39.7 Å². The van der Waals surface area contributed by atoms with Crippen LogP contribution in [0.3, 0.4) is 0 Å². The van der Waals surface area contributed by atoms with E-state index >= 15 is 8.78 Å². The Bertz CT molecular complexity index is 1180. The number of piperidine rings is 1. The zero-order valence-corrected chi connectivity index (χ0v) is 19.8. The van der Waals surface area contributed by atoms with E-state index in [2.05, 4.69) is 45.0 Å². The number of carboxylic acids is 1. The van der Waals surface area contributed by atoms with Gasteiger partial charge in [0.15, 0.2) is 11.6 Å². The van der Waals surface area contributed by atoms with Crippen LogP contribution in [0.4, 0.5) is 20.2 Å². The molecule has 1 aliphatic heterocycles. The highest BCUT2D eigenvalue weighted by molar-refractivity contribution is 5.99. The molecule has 1 aromatic carbocycles. The van der Waals surface area contributed by atoms with Crippen molar-refractivity contribution in [2.24, 2.45) is 5.92 Å². The topological polar surface area (TPSA) is 101 Å². The zero-order valence-electron chi connectivity index (χ0n) is 19.8. The Balaban J connectivity index is 1.77. The van der Waals surface area contributed by atoms with Crippen molar-refractivity contribution in [2.45, 2.75) is 70.5 Å². The lowest BCUT2D eigenvalue weighted by Crippen LogP contribution is -2.59. The fourth-order valence-electron chi connectivity index (χ4n) is 5.48. The van der Waals surface area contributed by atoms with Gasteiger partial charge in [0, 0.05) is 29.9 Å². The van der Waals surface area contributed by atoms with Crippen molar-refractivity contribution >= 4 is 28.2 Å². The van der Waals surface area contributed by atoms with Crippen LogP contribution in [-0.4, -0.2) is 45.2 Å². The van der Waals surface area contributed by atoms with Gasteiger partial charge in [-0.25, -0.2) is 13.6 Å². The Morgan fingerprint density at radius 2 is 1.76 bits per heavy atom. The van der Waals surface area contributed by atoms with E-state index in [1.807, 2.05) is 0 Å². The van der Waals surface area contributed by atoms with Crippen LogP contribution in [0.5, 0.6) is 0 Å². The molecule has 0 spiro atoms. The summed E-state index contributed by atoms with van der Waals surface area (Å²) in [6.45, 7) is 8.98. The summed E-state index contributed by atoms with van der Waals surface area (Å²) < 4.78 is 32.4. The number of rotatable bonds is 5. The molecule has 0 unspecified atom stereocenters. The molecule has 1 saturated heterocycles. The molecule has 7 nitrogen and oxygen atoms in total. The first-order chi connectivity index (χ1) is 15.3. The summed E-state index contributed by atoms with van der Waals surface area (Å²) in [6, 6.07) is -0.145. The molecule has 9 heteroatoms. The van der Waals surface area contributed by atoms with Crippen molar-refractivity contribution in [1.29, 1.82) is 0 Å². The summed E-state index contributed by atoms with van der Waals surface area (Å²) in [5.41, 5.74) is 3.25. The summed E-state index contributed by atoms with van der Waals surface area (Å²) >= 11 is 0. The molecule has 4 rings (SSSR count). The number of nitrogen functional groups attached to an aromatic ring is 1. The number of likely N-dealkylation sites (tertiary alicyclic amines) is 1. The van der Waals surface area contributed by atoms with Crippen LogP contribution in [0, 0.1) is 17.6 Å². The SMILES string of the molecule is CN1C(C)(C)CC(CNc2c(F)c(N)c3c(=O)c(C(=O)O)cn(C4CC4)c3c2F)CC1(C)C. The molecule has 4 N–H and O–H groups in total. The number of aromatic carboxylic acids is 1. The van der Waals surface area contributed by atoms with E-state index in [1.54, 1.807) is 0 Å². The monoisotopic (exact) mass is 462 g/mol. The molecule has 0 radical (unpaired) electrons. The van der Waals surface area contributed by atoms with Crippen LogP contribution in [0.2, 0.25) is 0 Å². The number of fused-ring (bicyclic) bond motifs is 1. The number of hydrogen-bond donors (Lipinski definition) is 3. The lowest BCUT2D eigenvalue weighted by molar-refractivity contribution is -0.0268. The summed E-state index contributed by atoms with van der Waals surface area (Å²) in [7, 11) is 2.09. The average Bonchev–Trinajstić information content (AvgIpc) is 3.54. The van der Waals surface area contributed by atoms with Crippen molar-refractivity contribution in [2.75, 3.05) is 24.6 Å². The van der Waals surface area contributed by atoms with Gasteiger partial charge in [-0.2, -0.15) is 0 Å². The Hall–Kier alpha value is -2.68. The van der Waals surface area contributed by atoms with Crippen LogP contribution < -0.4 is 16.5 Å². The largest absolute Gasteiger partial charge is 0.477 e. The molecule has 0 bridgehead atoms. The number of benzene rings is 1. The van der Waals surface area contributed by atoms with Crippen LogP contribution >= 0.6 is 0 Å². The molecule has 2 heterocycles. The molecule has 33 heavy (non-hydrogen) atoms. The predicted molar refractivity (Wildman–Crippen MR) is 125 cm³/mol. The number of anilines is 2. The average molecular weight is 463 g/mol. The molecule has 2 aromatic rings. The molecular formula is C24H32F2N4O3. The number of pyridine rings is 1. The van der Waals surface area contributed by atoms with Gasteiger partial charge in [0.2, 0.25) is 5.43 Å². The number of halogens is 2. The fourth-order valence-corrected chi connectivity index (χ4v) is 5.48. The Morgan fingerprint density at radius 1 is 1.18 bits per heavy atom. The third-order valence-electron chi connectivity index (χ3n) is 7.52. The molecule has 180 valence electrons. The van der Waals surface area contributed by atoms with E-state index in [4.69, 9.17) is 5.73 Å². The minimum absolute atomic E-state index is 0.0761. The van der Waals surface area contributed by atoms with Crippen molar-refractivity contribution in [3.05, 3.63) is 33.6 Å². The molecule has 2 aliphatic rings. The van der Waals surface area contributed by atoms with Gasteiger partial charge in [0.25, 0.3) is 0 Å². The van der Waals surface area contributed by atoms with Gasteiger partial charge in [-0.3, -0.25) is 9.69 Å². The van der Waals surface area contributed by atoms with Gasteiger partial charge < -0.3 is 20.7 Å². The maximum Gasteiger partial charge on any atom is 0.341 e. The van der Waals surface area contributed by atoms with E-state index in [9.17, 15) is 14.7 Å². The highest BCUT2D eigenvalue weighted by Gasteiger charge is 2.43. The third kappa shape index (κ3) is 3.86. The van der Waals surface area contributed by atoms with Gasteiger partial charge in [-0.1, -0.05) is 0 Å². The summed E-state index contributed by atoms with van der Waals surface area (Å²) in [5, 5.41) is 11.9. The second kappa shape index (κ2) is 7.68. The van der Waals surface area contributed by atoms with Crippen molar-refractivity contribution < 1.29 is 18.7 Å².